The number of halogens is 1. The zero-order chi connectivity index (χ0) is 13.8. The highest BCUT2D eigenvalue weighted by Gasteiger charge is 2.26. The Kier molecular flexibility index (Phi) is 4.91. The highest BCUT2D eigenvalue weighted by molar-refractivity contribution is 5.20. The zero-order valence-corrected chi connectivity index (χ0v) is 11.4. The van der Waals surface area contributed by atoms with Crippen molar-refractivity contribution in [3.63, 3.8) is 0 Å². The summed E-state index contributed by atoms with van der Waals surface area (Å²) >= 11 is 0. The Balaban J connectivity index is 1.82. The van der Waals surface area contributed by atoms with Crippen LogP contribution < -0.4 is 5.73 Å². The van der Waals surface area contributed by atoms with Crippen molar-refractivity contribution in [1.29, 1.82) is 0 Å². The van der Waals surface area contributed by atoms with Crippen LogP contribution in [0.4, 0.5) is 4.39 Å². The van der Waals surface area contributed by atoms with Gasteiger partial charge in [0.15, 0.2) is 0 Å². The molecular formula is C15H23FN2O. The molecule has 0 spiro atoms. The molecule has 0 amide bonds. The van der Waals surface area contributed by atoms with Gasteiger partial charge in [-0.25, -0.2) is 4.39 Å². The minimum absolute atomic E-state index is 0.224. The Bertz CT molecular complexity index is 411. The van der Waals surface area contributed by atoms with Crippen LogP contribution in [-0.4, -0.2) is 35.7 Å². The molecule has 3 unspecified atom stereocenters. The van der Waals surface area contributed by atoms with Gasteiger partial charge in [-0.1, -0.05) is 18.2 Å². The van der Waals surface area contributed by atoms with E-state index in [1.807, 2.05) is 13.0 Å². The molecule has 1 fully saturated rings. The maximum atomic E-state index is 13.6. The van der Waals surface area contributed by atoms with Gasteiger partial charge in [0, 0.05) is 18.2 Å². The molecule has 0 bridgehead atoms. The second kappa shape index (κ2) is 6.46. The summed E-state index contributed by atoms with van der Waals surface area (Å²) in [5.74, 6) is 0.142. The topological polar surface area (TPSA) is 49.5 Å². The summed E-state index contributed by atoms with van der Waals surface area (Å²) in [5.41, 5.74) is 6.64. The minimum Gasteiger partial charge on any atom is -0.393 e. The number of likely N-dealkylation sites (tertiary alicyclic amines) is 1. The molecular weight excluding hydrogens is 243 g/mol. The standard InChI is InChI=1S/C15H23FN2O/c1-11(19)12-6-8-18(10-12)9-7-15(17)13-4-2-3-5-14(13)16/h2-5,11-12,15,19H,6-10,17H2,1H3. The van der Waals surface area contributed by atoms with Crippen molar-refractivity contribution in [3.05, 3.63) is 35.6 Å². The summed E-state index contributed by atoms with van der Waals surface area (Å²) in [6, 6.07) is 6.44. The number of aliphatic hydroxyl groups is 1. The second-order valence-electron chi connectivity index (χ2n) is 5.51. The predicted molar refractivity (Wildman–Crippen MR) is 74.2 cm³/mol. The molecule has 106 valence electrons. The van der Waals surface area contributed by atoms with Gasteiger partial charge in [0.1, 0.15) is 5.82 Å². The molecule has 2 rings (SSSR count). The Morgan fingerprint density at radius 3 is 2.84 bits per heavy atom. The van der Waals surface area contributed by atoms with E-state index in [2.05, 4.69) is 4.90 Å². The van der Waals surface area contributed by atoms with E-state index in [0.29, 0.717) is 11.5 Å². The third-order valence-corrected chi connectivity index (χ3v) is 4.05. The molecule has 3 N–H and O–H groups in total. The van der Waals surface area contributed by atoms with Gasteiger partial charge < -0.3 is 15.7 Å². The maximum Gasteiger partial charge on any atom is 0.127 e. The van der Waals surface area contributed by atoms with Crippen LogP contribution in [0.5, 0.6) is 0 Å². The van der Waals surface area contributed by atoms with Gasteiger partial charge in [0.25, 0.3) is 0 Å². The molecule has 0 saturated carbocycles. The van der Waals surface area contributed by atoms with Crippen LogP contribution >= 0.6 is 0 Å². The number of nitrogens with zero attached hydrogens (tertiary/aromatic N) is 1. The number of benzene rings is 1. The van der Waals surface area contributed by atoms with Crippen LogP contribution in [-0.2, 0) is 0 Å². The summed E-state index contributed by atoms with van der Waals surface area (Å²) in [5, 5.41) is 9.56. The second-order valence-corrected chi connectivity index (χ2v) is 5.51. The predicted octanol–water partition coefficient (Wildman–Crippen LogP) is 1.92. The molecule has 4 heteroatoms. The largest absolute Gasteiger partial charge is 0.393 e. The number of rotatable bonds is 5. The van der Waals surface area contributed by atoms with Crippen molar-refractivity contribution in [2.75, 3.05) is 19.6 Å². The van der Waals surface area contributed by atoms with Crippen molar-refractivity contribution in [3.8, 4) is 0 Å². The molecule has 1 aromatic rings. The third-order valence-electron chi connectivity index (χ3n) is 4.05. The zero-order valence-electron chi connectivity index (χ0n) is 11.4. The van der Waals surface area contributed by atoms with Gasteiger partial charge in [-0.2, -0.15) is 0 Å². The molecule has 0 aromatic heterocycles. The molecule has 0 aliphatic carbocycles. The average molecular weight is 266 g/mol. The quantitative estimate of drug-likeness (QED) is 0.856. The highest BCUT2D eigenvalue weighted by atomic mass is 19.1. The van der Waals surface area contributed by atoms with Gasteiger partial charge in [-0.15, -0.1) is 0 Å². The smallest absolute Gasteiger partial charge is 0.127 e. The molecule has 19 heavy (non-hydrogen) atoms. The summed E-state index contributed by atoms with van der Waals surface area (Å²) in [7, 11) is 0. The first-order chi connectivity index (χ1) is 9.08. The lowest BCUT2D eigenvalue weighted by atomic mass is 10.0. The maximum absolute atomic E-state index is 13.6. The molecule has 1 aliphatic rings. The normalized spacial score (nSPS) is 23.5. The summed E-state index contributed by atoms with van der Waals surface area (Å²) in [6.45, 7) is 4.62. The lowest BCUT2D eigenvalue weighted by Gasteiger charge is -2.20. The molecule has 1 saturated heterocycles. The number of nitrogens with two attached hydrogens (primary N) is 1. The van der Waals surface area contributed by atoms with Crippen LogP contribution in [0.25, 0.3) is 0 Å². The molecule has 1 heterocycles. The Labute approximate surface area is 114 Å². The van der Waals surface area contributed by atoms with Gasteiger partial charge in [-0.05, 0) is 44.8 Å². The Morgan fingerprint density at radius 2 is 2.21 bits per heavy atom. The van der Waals surface area contributed by atoms with E-state index in [-0.39, 0.29) is 18.0 Å². The van der Waals surface area contributed by atoms with Gasteiger partial charge in [0.05, 0.1) is 6.10 Å². The van der Waals surface area contributed by atoms with Crippen molar-refractivity contribution >= 4 is 0 Å². The fourth-order valence-electron chi connectivity index (χ4n) is 2.71. The van der Waals surface area contributed by atoms with E-state index in [4.69, 9.17) is 5.73 Å². The van der Waals surface area contributed by atoms with Crippen LogP contribution in [0.1, 0.15) is 31.4 Å². The highest BCUT2D eigenvalue weighted by Crippen LogP contribution is 2.22. The van der Waals surface area contributed by atoms with Gasteiger partial charge in [-0.3, -0.25) is 0 Å². The lowest BCUT2D eigenvalue weighted by molar-refractivity contribution is 0.127. The SMILES string of the molecule is CC(O)C1CCN(CCC(N)c2ccccc2F)C1. The van der Waals surface area contributed by atoms with Crippen molar-refractivity contribution in [2.45, 2.75) is 31.9 Å². The van der Waals surface area contributed by atoms with Gasteiger partial charge in [0.2, 0.25) is 0 Å². The van der Waals surface area contributed by atoms with Crippen LogP contribution in [0.2, 0.25) is 0 Å². The number of aliphatic hydroxyl groups excluding tert-OH is 1. The lowest BCUT2D eigenvalue weighted by Crippen LogP contribution is -2.27. The van der Waals surface area contributed by atoms with E-state index in [1.165, 1.54) is 6.07 Å². The van der Waals surface area contributed by atoms with E-state index in [0.717, 1.165) is 32.5 Å². The molecule has 3 nitrogen and oxygen atoms in total. The fourth-order valence-corrected chi connectivity index (χ4v) is 2.71. The van der Waals surface area contributed by atoms with E-state index >= 15 is 0 Å². The van der Waals surface area contributed by atoms with E-state index < -0.39 is 0 Å². The van der Waals surface area contributed by atoms with Crippen LogP contribution in [0.3, 0.4) is 0 Å². The number of hydrogen-bond donors (Lipinski definition) is 2. The van der Waals surface area contributed by atoms with E-state index in [1.54, 1.807) is 12.1 Å². The molecule has 1 aliphatic heterocycles. The van der Waals surface area contributed by atoms with Crippen LogP contribution in [0, 0.1) is 11.7 Å². The molecule has 3 atom stereocenters. The third kappa shape index (κ3) is 3.75. The summed E-state index contributed by atoms with van der Waals surface area (Å²) in [4.78, 5) is 2.30. The number of hydrogen-bond acceptors (Lipinski definition) is 3. The van der Waals surface area contributed by atoms with Crippen molar-refractivity contribution in [1.82, 2.24) is 4.90 Å². The van der Waals surface area contributed by atoms with E-state index in [9.17, 15) is 9.50 Å². The average Bonchev–Trinajstić information content (AvgIpc) is 2.85. The molecule has 0 radical (unpaired) electrons. The molecule has 1 aromatic carbocycles. The summed E-state index contributed by atoms with van der Waals surface area (Å²) < 4.78 is 13.6. The van der Waals surface area contributed by atoms with Gasteiger partial charge >= 0.3 is 0 Å². The first-order valence-electron chi connectivity index (χ1n) is 6.98. The van der Waals surface area contributed by atoms with Crippen LogP contribution in [0.15, 0.2) is 24.3 Å². The Morgan fingerprint density at radius 1 is 1.47 bits per heavy atom. The van der Waals surface area contributed by atoms with Crippen molar-refractivity contribution < 1.29 is 9.50 Å². The van der Waals surface area contributed by atoms with Crippen molar-refractivity contribution in [2.24, 2.45) is 11.7 Å². The first-order valence-corrected chi connectivity index (χ1v) is 6.98. The fraction of sp³-hybridized carbons (Fsp3) is 0.600. The monoisotopic (exact) mass is 266 g/mol. The summed E-state index contributed by atoms with van der Waals surface area (Å²) in [6.07, 6.45) is 1.53. The minimum atomic E-state index is -0.258. The Hall–Kier alpha value is -0.970. The first kappa shape index (κ1) is 14.4.